The van der Waals surface area contributed by atoms with Gasteiger partial charge in [-0.25, -0.2) is 0 Å². The summed E-state index contributed by atoms with van der Waals surface area (Å²) in [6.07, 6.45) is 5.41. The molecule has 0 bridgehead atoms. The number of benzene rings is 1. The summed E-state index contributed by atoms with van der Waals surface area (Å²) >= 11 is 0. The van der Waals surface area contributed by atoms with Gasteiger partial charge in [-0.05, 0) is 16.5 Å². The zero-order valence-corrected chi connectivity index (χ0v) is 9.21. The van der Waals surface area contributed by atoms with E-state index >= 15 is 0 Å². The molecule has 0 amide bonds. The summed E-state index contributed by atoms with van der Waals surface area (Å²) in [6, 6.07) is 6.81. The van der Waals surface area contributed by atoms with Crippen molar-refractivity contribution in [2.24, 2.45) is 0 Å². The summed E-state index contributed by atoms with van der Waals surface area (Å²) in [5.41, 5.74) is 1.34. The Morgan fingerprint density at radius 3 is 2.29 bits per heavy atom. The van der Waals surface area contributed by atoms with Crippen molar-refractivity contribution in [2.45, 2.75) is 6.42 Å². The van der Waals surface area contributed by atoms with E-state index in [-0.39, 0.29) is 10.6 Å². The first-order valence-corrected chi connectivity index (χ1v) is 6.58. The molecule has 0 fully saturated rings. The Bertz CT molecular complexity index is 308. The van der Waals surface area contributed by atoms with Crippen molar-refractivity contribution in [1.29, 1.82) is 0 Å². The molecule has 0 aliphatic heterocycles. The van der Waals surface area contributed by atoms with Gasteiger partial charge in [0.2, 0.25) is 0 Å². The van der Waals surface area contributed by atoms with Crippen molar-refractivity contribution in [2.75, 3.05) is 18.3 Å². The minimum atomic E-state index is -0.367. The van der Waals surface area contributed by atoms with Gasteiger partial charge in [0.05, 0.1) is 17.4 Å². The van der Waals surface area contributed by atoms with Gasteiger partial charge in [-0.3, -0.25) is 10.1 Å². The molecule has 0 aromatic heterocycles. The van der Waals surface area contributed by atoms with Crippen LogP contribution in [-0.2, 0) is 17.3 Å². The third-order valence-electron chi connectivity index (χ3n) is 1.95. The van der Waals surface area contributed by atoms with E-state index in [1.165, 1.54) is 5.56 Å². The summed E-state index contributed by atoms with van der Waals surface area (Å²) < 4.78 is 0. The van der Waals surface area contributed by atoms with Gasteiger partial charge in [-0.1, -0.05) is 12.1 Å². The van der Waals surface area contributed by atoms with Crippen LogP contribution in [0.4, 0.5) is 5.69 Å². The summed E-state index contributed by atoms with van der Waals surface area (Å²) in [5.74, 6) is 1.15. The van der Waals surface area contributed by atoms with Crippen LogP contribution in [0.25, 0.3) is 0 Å². The third kappa shape index (κ3) is 3.38. The van der Waals surface area contributed by atoms with Crippen molar-refractivity contribution in [3.8, 4) is 0 Å². The monoisotopic (exact) mass is 212 g/mol. The van der Waals surface area contributed by atoms with E-state index < -0.39 is 0 Å². The van der Waals surface area contributed by atoms with Gasteiger partial charge in [-0.15, -0.1) is 0 Å². The maximum atomic E-state index is 10.4. The lowest BCUT2D eigenvalue weighted by Crippen LogP contribution is -2.04. The number of non-ortho nitro benzene ring substituents is 1. The van der Waals surface area contributed by atoms with E-state index in [2.05, 4.69) is 12.5 Å². The fraction of sp³-hybridized carbons (Fsp3) is 0.400. The summed E-state index contributed by atoms with van der Waals surface area (Å²) in [5, 5.41) is 10.4. The molecular weight excluding hydrogens is 198 g/mol. The molecule has 1 aromatic rings. The third-order valence-corrected chi connectivity index (χ3v) is 2.97. The number of rotatable bonds is 4. The minimum absolute atomic E-state index is 0.167. The van der Waals surface area contributed by atoms with Crippen LogP contribution in [0.1, 0.15) is 5.56 Å². The molecule has 0 saturated carbocycles. The molecule has 3 nitrogen and oxygen atoms in total. The van der Waals surface area contributed by atoms with Crippen LogP contribution in [0.5, 0.6) is 0 Å². The van der Waals surface area contributed by atoms with E-state index in [0.717, 1.165) is 12.2 Å². The van der Waals surface area contributed by atoms with E-state index in [0.29, 0.717) is 10.9 Å². The quantitative estimate of drug-likeness (QED) is 0.435. The highest BCUT2D eigenvalue weighted by Gasteiger charge is 2.06. The molecule has 76 valence electrons. The van der Waals surface area contributed by atoms with Crippen LogP contribution in [-0.4, -0.2) is 23.2 Å². The number of hydrogen-bond donors (Lipinski definition) is 0. The maximum absolute atomic E-state index is 10.4. The first kappa shape index (κ1) is 11.0. The zero-order chi connectivity index (χ0) is 10.6. The van der Waals surface area contributed by atoms with Gasteiger partial charge in [0.25, 0.3) is 5.69 Å². The summed E-state index contributed by atoms with van der Waals surface area (Å²) in [7, 11) is 0.436. The Morgan fingerprint density at radius 2 is 1.86 bits per heavy atom. The molecule has 0 aliphatic carbocycles. The van der Waals surface area contributed by atoms with Crippen molar-refractivity contribution >= 4 is 16.6 Å². The Hall–Kier alpha value is -1.03. The van der Waals surface area contributed by atoms with Crippen molar-refractivity contribution in [3.63, 3.8) is 0 Å². The van der Waals surface area contributed by atoms with E-state index in [1.54, 1.807) is 12.1 Å². The van der Waals surface area contributed by atoms with E-state index in [9.17, 15) is 10.1 Å². The molecule has 1 aromatic carbocycles. The van der Waals surface area contributed by atoms with E-state index in [4.69, 9.17) is 0 Å². The SMILES string of the molecule is C[S+](C)CCc1ccc([N+](=O)[O-])cc1. The van der Waals surface area contributed by atoms with Crippen LogP contribution >= 0.6 is 0 Å². The molecular formula is C10H14NO2S+. The molecule has 0 aliphatic rings. The minimum Gasteiger partial charge on any atom is -0.258 e. The van der Waals surface area contributed by atoms with Gasteiger partial charge in [0.15, 0.2) is 0 Å². The summed E-state index contributed by atoms with van der Waals surface area (Å²) in [4.78, 5) is 10.0. The van der Waals surface area contributed by atoms with Gasteiger partial charge in [-0.2, -0.15) is 0 Å². The summed E-state index contributed by atoms with van der Waals surface area (Å²) in [6.45, 7) is 0. The van der Waals surface area contributed by atoms with Gasteiger partial charge >= 0.3 is 0 Å². The number of nitro benzene ring substituents is 1. The van der Waals surface area contributed by atoms with Gasteiger partial charge < -0.3 is 0 Å². The van der Waals surface area contributed by atoms with Crippen LogP contribution in [0.15, 0.2) is 24.3 Å². The fourth-order valence-corrected chi connectivity index (χ4v) is 1.75. The van der Waals surface area contributed by atoms with Gasteiger partial charge in [0.1, 0.15) is 5.75 Å². The average molecular weight is 212 g/mol. The van der Waals surface area contributed by atoms with Gasteiger partial charge in [0, 0.05) is 18.6 Å². The van der Waals surface area contributed by atoms with Crippen LogP contribution in [0.2, 0.25) is 0 Å². The smallest absolute Gasteiger partial charge is 0.258 e. The van der Waals surface area contributed by atoms with Crippen molar-refractivity contribution < 1.29 is 4.92 Å². The van der Waals surface area contributed by atoms with E-state index in [1.807, 2.05) is 12.1 Å². The predicted molar refractivity (Wildman–Crippen MR) is 60.9 cm³/mol. The lowest BCUT2D eigenvalue weighted by Gasteiger charge is -1.98. The fourth-order valence-electron chi connectivity index (χ4n) is 1.11. The number of aryl methyl sites for hydroxylation is 1. The molecule has 0 saturated heterocycles. The Balaban J connectivity index is 2.60. The molecule has 0 heterocycles. The Kier molecular flexibility index (Phi) is 3.95. The zero-order valence-electron chi connectivity index (χ0n) is 8.40. The lowest BCUT2D eigenvalue weighted by molar-refractivity contribution is -0.384. The second kappa shape index (κ2) is 5.00. The highest BCUT2D eigenvalue weighted by Crippen LogP contribution is 2.12. The molecule has 0 spiro atoms. The standard InChI is InChI=1S/C10H14NO2S/c1-14(2)8-7-9-3-5-10(6-4-9)11(12)13/h3-6H,7-8H2,1-2H3/q+1. The predicted octanol–water partition coefficient (Wildman–Crippen LogP) is 2.02. The molecule has 4 heteroatoms. The molecule has 0 atom stereocenters. The maximum Gasteiger partial charge on any atom is 0.269 e. The first-order chi connectivity index (χ1) is 6.59. The molecule has 0 unspecified atom stereocenters. The largest absolute Gasteiger partial charge is 0.269 e. The second-order valence-corrected chi connectivity index (χ2v) is 5.74. The van der Waals surface area contributed by atoms with Crippen LogP contribution < -0.4 is 0 Å². The highest BCUT2D eigenvalue weighted by atomic mass is 32.2. The normalized spacial score (nSPS) is 10.5. The van der Waals surface area contributed by atoms with Crippen LogP contribution in [0.3, 0.4) is 0 Å². The molecule has 14 heavy (non-hydrogen) atoms. The lowest BCUT2D eigenvalue weighted by atomic mass is 10.1. The molecule has 1 rings (SSSR count). The Labute approximate surface area is 86.6 Å². The average Bonchev–Trinajstić information content (AvgIpc) is 2.15. The number of nitro groups is 1. The first-order valence-electron chi connectivity index (χ1n) is 4.37. The number of nitrogens with zero attached hydrogens (tertiary/aromatic N) is 1. The topological polar surface area (TPSA) is 43.1 Å². The Morgan fingerprint density at radius 1 is 1.29 bits per heavy atom. The van der Waals surface area contributed by atoms with Crippen molar-refractivity contribution in [3.05, 3.63) is 39.9 Å². The van der Waals surface area contributed by atoms with Crippen molar-refractivity contribution in [1.82, 2.24) is 0 Å². The molecule has 0 radical (unpaired) electrons. The molecule has 0 N–H and O–H groups in total. The second-order valence-electron chi connectivity index (χ2n) is 3.36. The van der Waals surface area contributed by atoms with Crippen LogP contribution in [0, 0.1) is 10.1 Å². The highest BCUT2D eigenvalue weighted by molar-refractivity contribution is 7.95. The number of hydrogen-bond acceptors (Lipinski definition) is 2.